The number of esters is 1. The molecule has 6 heteroatoms. The minimum Gasteiger partial charge on any atom is -0.490 e. The molecule has 1 aliphatic carbocycles. The summed E-state index contributed by atoms with van der Waals surface area (Å²) in [6.07, 6.45) is 5.07. The molecule has 1 aromatic heterocycles. The summed E-state index contributed by atoms with van der Waals surface area (Å²) in [5.41, 5.74) is 1.11. The van der Waals surface area contributed by atoms with Crippen LogP contribution < -0.4 is 15.0 Å². The van der Waals surface area contributed by atoms with Crippen LogP contribution in [0.2, 0.25) is 0 Å². The van der Waals surface area contributed by atoms with Gasteiger partial charge in [-0.2, -0.15) is 0 Å². The van der Waals surface area contributed by atoms with Crippen LogP contribution >= 0.6 is 0 Å². The molecular weight excluding hydrogens is 368 g/mol. The highest BCUT2D eigenvalue weighted by atomic mass is 16.6. The van der Waals surface area contributed by atoms with Crippen LogP contribution in [0.1, 0.15) is 39.0 Å². The summed E-state index contributed by atoms with van der Waals surface area (Å²) in [7, 11) is 0. The number of hydrogen-bond donors (Lipinski definition) is 1. The van der Waals surface area contributed by atoms with Crippen molar-refractivity contribution in [2.75, 3.05) is 6.61 Å². The zero-order valence-electron chi connectivity index (χ0n) is 16.4. The van der Waals surface area contributed by atoms with Gasteiger partial charge >= 0.3 is 5.97 Å². The molecule has 29 heavy (non-hydrogen) atoms. The monoisotopic (exact) mass is 392 g/mol. The Balaban J connectivity index is 1.65. The first kappa shape index (κ1) is 19.2. The molecule has 0 saturated heterocycles. The first-order valence-corrected chi connectivity index (χ1v) is 10.1. The Hall–Kier alpha value is -3.15. The Morgan fingerprint density at radius 3 is 2.69 bits per heavy atom. The fourth-order valence-corrected chi connectivity index (χ4v) is 3.76. The summed E-state index contributed by atoms with van der Waals surface area (Å²) in [6.45, 7) is 2.30. The number of fused-ring (bicyclic) bond motifs is 1. The lowest BCUT2D eigenvalue weighted by Gasteiger charge is -2.20. The Kier molecular flexibility index (Phi) is 5.60. The molecule has 4 rings (SSSR count). The van der Waals surface area contributed by atoms with E-state index in [2.05, 4.69) is 9.97 Å². The number of hydrogen-bond acceptors (Lipinski definition) is 5. The Bertz CT molecular complexity index is 1080. The Labute approximate surface area is 168 Å². The lowest BCUT2D eigenvalue weighted by atomic mass is 9.89. The number of aromatic amines is 1. The van der Waals surface area contributed by atoms with E-state index >= 15 is 0 Å². The summed E-state index contributed by atoms with van der Waals surface area (Å²) in [5.74, 6) is 1.06. The molecule has 0 atom stereocenters. The van der Waals surface area contributed by atoms with Crippen molar-refractivity contribution < 1.29 is 14.3 Å². The van der Waals surface area contributed by atoms with Gasteiger partial charge < -0.3 is 14.5 Å². The molecule has 0 aliphatic heterocycles. The van der Waals surface area contributed by atoms with Crippen molar-refractivity contribution >= 4 is 16.9 Å². The average Bonchev–Trinajstić information content (AvgIpc) is 2.75. The number of ether oxygens (including phenoxy) is 2. The summed E-state index contributed by atoms with van der Waals surface area (Å²) >= 11 is 0. The molecule has 1 fully saturated rings. The zero-order chi connectivity index (χ0) is 20.2. The van der Waals surface area contributed by atoms with Crippen molar-refractivity contribution in [3.63, 3.8) is 0 Å². The maximum absolute atomic E-state index is 12.5. The quantitative estimate of drug-likeness (QED) is 0.512. The van der Waals surface area contributed by atoms with E-state index in [9.17, 15) is 9.59 Å². The number of aromatic nitrogens is 2. The topological polar surface area (TPSA) is 81.3 Å². The SMILES string of the molecule is CCOc1cc(-c2nc3ccccc3c(=O)[nH]2)ccc1OC(=O)C1CCCCC1. The van der Waals surface area contributed by atoms with E-state index in [1.165, 1.54) is 6.42 Å². The highest BCUT2D eigenvalue weighted by molar-refractivity contribution is 5.80. The van der Waals surface area contributed by atoms with Gasteiger partial charge in [0, 0.05) is 5.56 Å². The number of carbonyl (C=O) groups is 1. The largest absolute Gasteiger partial charge is 0.490 e. The zero-order valence-corrected chi connectivity index (χ0v) is 16.4. The molecule has 0 bridgehead atoms. The standard InChI is InChI=1S/C23H24N2O4/c1-2-28-20-14-16(21-24-18-11-7-6-10-17(18)22(26)25-21)12-13-19(20)29-23(27)15-8-4-3-5-9-15/h6-7,10-15H,2-5,8-9H2,1H3,(H,24,25,26). The average molecular weight is 392 g/mol. The summed E-state index contributed by atoms with van der Waals surface area (Å²) in [6, 6.07) is 12.4. The molecule has 0 radical (unpaired) electrons. The lowest BCUT2D eigenvalue weighted by molar-refractivity contribution is -0.140. The smallest absolute Gasteiger partial charge is 0.314 e. The van der Waals surface area contributed by atoms with Gasteiger partial charge in [-0.05, 0) is 50.1 Å². The van der Waals surface area contributed by atoms with Crippen molar-refractivity contribution in [3.05, 3.63) is 52.8 Å². The van der Waals surface area contributed by atoms with E-state index in [0.29, 0.717) is 40.4 Å². The number of nitrogens with one attached hydrogen (secondary N) is 1. The highest BCUT2D eigenvalue weighted by Gasteiger charge is 2.24. The molecule has 0 amide bonds. The van der Waals surface area contributed by atoms with Crippen LogP contribution in [0.4, 0.5) is 0 Å². The predicted octanol–water partition coefficient (Wildman–Crippen LogP) is 4.47. The van der Waals surface area contributed by atoms with Crippen LogP contribution in [0, 0.1) is 5.92 Å². The van der Waals surface area contributed by atoms with E-state index in [0.717, 1.165) is 25.7 Å². The molecule has 0 unspecified atom stereocenters. The van der Waals surface area contributed by atoms with Gasteiger partial charge in [0.2, 0.25) is 0 Å². The number of H-pyrrole nitrogens is 1. The molecule has 150 valence electrons. The van der Waals surface area contributed by atoms with Gasteiger partial charge in [-0.25, -0.2) is 4.98 Å². The fourth-order valence-electron chi connectivity index (χ4n) is 3.76. The molecule has 1 N–H and O–H groups in total. The van der Waals surface area contributed by atoms with Gasteiger partial charge in [-0.3, -0.25) is 9.59 Å². The van der Waals surface area contributed by atoms with Crippen LogP contribution in [0.5, 0.6) is 11.5 Å². The van der Waals surface area contributed by atoms with Gasteiger partial charge in [0.25, 0.3) is 5.56 Å². The lowest BCUT2D eigenvalue weighted by Crippen LogP contribution is -2.23. The molecule has 0 spiro atoms. The number of benzene rings is 2. The third kappa shape index (κ3) is 4.16. The minimum atomic E-state index is -0.198. The molecule has 1 heterocycles. The second kappa shape index (κ2) is 8.47. The second-order valence-electron chi connectivity index (χ2n) is 7.28. The summed E-state index contributed by atoms with van der Waals surface area (Å²) in [4.78, 5) is 32.3. The van der Waals surface area contributed by atoms with E-state index in [-0.39, 0.29) is 17.4 Å². The summed E-state index contributed by atoms with van der Waals surface area (Å²) < 4.78 is 11.4. The molecule has 3 aromatic rings. The van der Waals surface area contributed by atoms with Crippen LogP contribution in [0.15, 0.2) is 47.3 Å². The van der Waals surface area contributed by atoms with Crippen molar-refractivity contribution in [1.82, 2.24) is 9.97 Å². The van der Waals surface area contributed by atoms with Crippen LogP contribution in [-0.4, -0.2) is 22.5 Å². The maximum Gasteiger partial charge on any atom is 0.314 e. The second-order valence-corrected chi connectivity index (χ2v) is 7.28. The third-order valence-corrected chi connectivity index (χ3v) is 5.28. The highest BCUT2D eigenvalue weighted by Crippen LogP contribution is 2.34. The minimum absolute atomic E-state index is 0.0450. The molecular formula is C23H24N2O4. The number of rotatable bonds is 5. The Morgan fingerprint density at radius 2 is 1.90 bits per heavy atom. The van der Waals surface area contributed by atoms with Crippen molar-refractivity contribution in [2.24, 2.45) is 5.92 Å². The molecule has 2 aromatic carbocycles. The first-order valence-electron chi connectivity index (χ1n) is 10.1. The van der Waals surface area contributed by atoms with Crippen LogP contribution in [0.3, 0.4) is 0 Å². The van der Waals surface area contributed by atoms with Gasteiger partial charge in [-0.1, -0.05) is 31.4 Å². The molecule has 1 aliphatic rings. The number of para-hydroxylation sites is 1. The first-order chi connectivity index (χ1) is 14.2. The summed E-state index contributed by atoms with van der Waals surface area (Å²) in [5, 5.41) is 0.541. The van der Waals surface area contributed by atoms with Crippen LogP contribution in [-0.2, 0) is 4.79 Å². The molecule has 1 saturated carbocycles. The van der Waals surface area contributed by atoms with E-state index in [4.69, 9.17) is 9.47 Å². The third-order valence-electron chi connectivity index (χ3n) is 5.28. The molecule has 6 nitrogen and oxygen atoms in total. The normalized spacial score (nSPS) is 14.7. The van der Waals surface area contributed by atoms with Gasteiger partial charge in [0.15, 0.2) is 11.5 Å². The van der Waals surface area contributed by atoms with Crippen molar-refractivity contribution in [1.29, 1.82) is 0 Å². The van der Waals surface area contributed by atoms with Gasteiger partial charge in [0.1, 0.15) is 5.82 Å². The predicted molar refractivity (Wildman–Crippen MR) is 111 cm³/mol. The van der Waals surface area contributed by atoms with Crippen LogP contribution in [0.25, 0.3) is 22.3 Å². The van der Waals surface area contributed by atoms with Gasteiger partial charge in [-0.15, -0.1) is 0 Å². The van der Waals surface area contributed by atoms with E-state index in [1.807, 2.05) is 19.1 Å². The van der Waals surface area contributed by atoms with E-state index < -0.39 is 0 Å². The van der Waals surface area contributed by atoms with Crippen molar-refractivity contribution in [3.8, 4) is 22.9 Å². The Morgan fingerprint density at radius 1 is 1.10 bits per heavy atom. The van der Waals surface area contributed by atoms with Gasteiger partial charge in [0.05, 0.1) is 23.4 Å². The van der Waals surface area contributed by atoms with Crippen molar-refractivity contribution in [2.45, 2.75) is 39.0 Å². The van der Waals surface area contributed by atoms with E-state index in [1.54, 1.807) is 30.3 Å². The number of carbonyl (C=O) groups excluding carboxylic acids is 1. The maximum atomic E-state index is 12.5. The number of nitrogens with zero attached hydrogens (tertiary/aromatic N) is 1. The fraction of sp³-hybridized carbons (Fsp3) is 0.348.